The number of nitrogens with zero attached hydrogens (tertiary/aromatic N) is 1. The van der Waals surface area contributed by atoms with E-state index in [-0.39, 0.29) is 5.92 Å². The highest BCUT2D eigenvalue weighted by molar-refractivity contribution is 5.84. The smallest absolute Gasteiger partial charge is 0.331 e. The first-order valence-electron chi connectivity index (χ1n) is 3.81. The quantitative estimate of drug-likeness (QED) is 0.398. The van der Waals surface area contributed by atoms with Crippen LogP contribution in [0, 0.1) is 17.8 Å². The molecule has 0 aromatic rings. The van der Waals surface area contributed by atoms with Crippen LogP contribution in [0.4, 0.5) is 8.78 Å². The molecule has 0 unspecified atom stereocenters. The van der Waals surface area contributed by atoms with Crippen molar-refractivity contribution < 1.29 is 8.78 Å². The predicted octanol–water partition coefficient (Wildman–Crippen LogP) is 1.78. The highest BCUT2D eigenvalue weighted by atomic mass is 19.3. The lowest BCUT2D eigenvalue weighted by atomic mass is 10.2. The van der Waals surface area contributed by atoms with E-state index in [1.165, 1.54) is 0 Å². The number of aliphatic imine (C=N–C) groups is 1. The summed E-state index contributed by atoms with van der Waals surface area (Å²) in [4.78, 5) is 2.86. The van der Waals surface area contributed by atoms with Gasteiger partial charge in [0, 0.05) is 18.3 Å². The lowest BCUT2D eigenvalue weighted by Crippen LogP contribution is -1.92. The van der Waals surface area contributed by atoms with Crippen LogP contribution in [0.15, 0.2) is 16.8 Å². The molecule has 0 saturated heterocycles. The van der Waals surface area contributed by atoms with Crippen LogP contribution in [0.2, 0.25) is 0 Å². The van der Waals surface area contributed by atoms with Gasteiger partial charge in [-0.3, -0.25) is 0 Å². The molecule has 0 aliphatic carbocycles. The van der Waals surface area contributed by atoms with Crippen molar-refractivity contribution in [3.63, 3.8) is 0 Å². The summed E-state index contributed by atoms with van der Waals surface area (Å²) in [5.41, 5.74) is 5.44. The van der Waals surface area contributed by atoms with Crippen LogP contribution in [0.1, 0.15) is 13.8 Å². The summed E-state index contributed by atoms with van der Waals surface area (Å²) in [6.07, 6.45) is 2.13. The molecule has 0 radical (unpaired) electrons. The first kappa shape index (κ1) is 11.6. The second kappa shape index (κ2) is 6.18. The standard InChI is InChI=1S/C9H12F2N2/c1-7(2)3-4-8(5-12)6-13-9(10)11/h5-7,9H,12H2,1-2H3. The molecule has 0 spiro atoms. The van der Waals surface area contributed by atoms with E-state index < -0.39 is 6.55 Å². The molecule has 0 amide bonds. The van der Waals surface area contributed by atoms with E-state index in [1.807, 2.05) is 13.8 Å². The third-order valence-corrected chi connectivity index (χ3v) is 1.01. The van der Waals surface area contributed by atoms with Gasteiger partial charge in [0.15, 0.2) is 0 Å². The maximum atomic E-state index is 11.6. The van der Waals surface area contributed by atoms with Crippen LogP contribution in [0.5, 0.6) is 0 Å². The van der Waals surface area contributed by atoms with Crippen LogP contribution >= 0.6 is 0 Å². The number of alkyl halides is 2. The maximum absolute atomic E-state index is 11.6. The van der Waals surface area contributed by atoms with E-state index >= 15 is 0 Å². The van der Waals surface area contributed by atoms with Crippen molar-refractivity contribution in [2.24, 2.45) is 16.6 Å². The van der Waals surface area contributed by atoms with Gasteiger partial charge >= 0.3 is 6.55 Å². The number of allylic oxidation sites excluding steroid dienone is 1. The van der Waals surface area contributed by atoms with E-state index in [1.54, 1.807) is 0 Å². The van der Waals surface area contributed by atoms with Crippen LogP contribution in [-0.4, -0.2) is 12.8 Å². The van der Waals surface area contributed by atoms with Crippen LogP contribution < -0.4 is 5.73 Å². The van der Waals surface area contributed by atoms with Crippen molar-refractivity contribution in [1.82, 2.24) is 0 Å². The molecule has 13 heavy (non-hydrogen) atoms. The fourth-order valence-corrected chi connectivity index (χ4v) is 0.481. The van der Waals surface area contributed by atoms with Gasteiger partial charge in [0.05, 0.1) is 5.57 Å². The molecule has 4 heteroatoms. The molecule has 0 heterocycles. The summed E-state index contributed by atoms with van der Waals surface area (Å²) in [6.45, 7) is 1.08. The van der Waals surface area contributed by atoms with Crippen molar-refractivity contribution in [1.29, 1.82) is 0 Å². The van der Waals surface area contributed by atoms with E-state index in [0.29, 0.717) is 5.57 Å². The third kappa shape index (κ3) is 7.01. The normalized spacial score (nSPS) is 12.3. The van der Waals surface area contributed by atoms with Crippen LogP contribution in [0.25, 0.3) is 0 Å². The second-order valence-corrected chi connectivity index (χ2v) is 2.60. The second-order valence-electron chi connectivity index (χ2n) is 2.60. The Bertz CT molecular complexity index is 257. The van der Waals surface area contributed by atoms with E-state index in [9.17, 15) is 8.78 Å². The van der Waals surface area contributed by atoms with Gasteiger partial charge < -0.3 is 5.73 Å². The molecule has 0 aliphatic rings. The van der Waals surface area contributed by atoms with Gasteiger partial charge in [-0.15, -0.1) is 0 Å². The van der Waals surface area contributed by atoms with Crippen molar-refractivity contribution in [3.05, 3.63) is 11.8 Å². The number of halogens is 2. The average Bonchev–Trinajstić information content (AvgIpc) is 2.04. The molecule has 0 rings (SSSR count). The summed E-state index contributed by atoms with van der Waals surface area (Å²) in [7, 11) is 0. The Hall–Kier alpha value is -1.37. The lowest BCUT2D eigenvalue weighted by molar-refractivity contribution is 0.161. The first-order chi connectivity index (χ1) is 6.06. The third-order valence-electron chi connectivity index (χ3n) is 1.01. The summed E-state index contributed by atoms with van der Waals surface area (Å²) in [5, 5.41) is 0. The van der Waals surface area contributed by atoms with Crippen LogP contribution in [0.3, 0.4) is 0 Å². The molecule has 0 aromatic carbocycles. The topological polar surface area (TPSA) is 38.4 Å². The predicted molar refractivity (Wildman–Crippen MR) is 49.4 cm³/mol. The van der Waals surface area contributed by atoms with E-state index in [4.69, 9.17) is 5.73 Å². The molecule has 2 N–H and O–H groups in total. The van der Waals surface area contributed by atoms with Crippen molar-refractivity contribution in [3.8, 4) is 11.8 Å². The Kier molecular flexibility index (Phi) is 5.53. The summed E-state index contributed by atoms with van der Waals surface area (Å²) < 4.78 is 23.2. The zero-order valence-electron chi connectivity index (χ0n) is 7.59. The van der Waals surface area contributed by atoms with E-state index in [2.05, 4.69) is 16.8 Å². The zero-order chi connectivity index (χ0) is 10.3. The molecule has 0 bridgehead atoms. The number of nitrogens with two attached hydrogens (primary N) is 1. The average molecular weight is 186 g/mol. The fraction of sp³-hybridized carbons (Fsp3) is 0.444. The molecule has 72 valence electrons. The van der Waals surface area contributed by atoms with Crippen molar-refractivity contribution >= 4 is 6.21 Å². The number of hydrogen-bond donors (Lipinski definition) is 1. The minimum absolute atomic E-state index is 0.176. The van der Waals surface area contributed by atoms with Gasteiger partial charge in [-0.25, -0.2) is 4.99 Å². The largest absolute Gasteiger partial charge is 0.404 e. The Morgan fingerprint density at radius 3 is 2.46 bits per heavy atom. The van der Waals surface area contributed by atoms with Crippen molar-refractivity contribution in [2.75, 3.05) is 0 Å². The molecule has 2 nitrogen and oxygen atoms in total. The van der Waals surface area contributed by atoms with Gasteiger partial charge in [-0.2, -0.15) is 8.78 Å². The molecule has 0 fully saturated rings. The van der Waals surface area contributed by atoms with Gasteiger partial charge in [0.25, 0.3) is 0 Å². The zero-order valence-corrected chi connectivity index (χ0v) is 7.59. The highest BCUT2D eigenvalue weighted by Crippen LogP contribution is 1.95. The Balaban J connectivity index is 4.33. The Morgan fingerprint density at radius 1 is 1.46 bits per heavy atom. The van der Waals surface area contributed by atoms with Gasteiger partial charge in [0.1, 0.15) is 0 Å². The maximum Gasteiger partial charge on any atom is 0.331 e. The summed E-state index contributed by atoms with van der Waals surface area (Å²) in [6, 6.07) is 0. The van der Waals surface area contributed by atoms with E-state index in [0.717, 1.165) is 12.4 Å². The van der Waals surface area contributed by atoms with Crippen molar-refractivity contribution in [2.45, 2.75) is 20.4 Å². The summed E-state index contributed by atoms with van der Waals surface area (Å²) in [5.74, 6) is 5.59. The lowest BCUT2D eigenvalue weighted by Gasteiger charge is -1.90. The first-order valence-corrected chi connectivity index (χ1v) is 3.81. The molecule has 0 saturated carbocycles. The minimum atomic E-state index is -2.71. The molecule has 0 aliphatic heterocycles. The Morgan fingerprint density at radius 2 is 2.08 bits per heavy atom. The minimum Gasteiger partial charge on any atom is -0.404 e. The van der Waals surface area contributed by atoms with Crippen LogP contribution in [-0.2, 0) is 0 Å². The molecular weight excluding hydrogens is 174 g/mol. The number of hydrogen-bond acceptors (Lipinski definition) is 2. The van der Waals surface area contributed by atoms with Gasteiger partial charge in [-0.05, 0) is 0 Å². The van der Waals surface area contributed by atoms with Gasteiger partial charge in [-0.1, -0.05) is 25.7 Å². The summed E-state index contributed by atoms with van der Waals surface area (Å²) >= 11 is 0. The molecule has 0 atom stereocenters. The molecule has 0 aromatic heterocycles. The Labute approximate surface area is 76.5 Å². The fourth-order valence-electron chi connectivity index (χ4n) is 0.481. The molecular formula is C9H12F2N2. The van der Waals surface area contributed by atoms with Gasteiger partial charge in [0.2, 0.25) is 0 Å². The monoisotopic (exact) mass is 186 g/mol. The SMILES string of the molecule is CC(C)C#CC(C=NC(F)F)=CN. The number of rotatable bonds is 2. The highest BCUT2D eigenvalue weighted by Gasteiger charge is 1.94.